The van der Waals surface area contributed by atoms with E-state index in [-0.39, 0.29) is 5.97 Å². The molecule has 0 N–H and O–H groups in total. The normalized spacial score (nSPS) is 18.5. The highest BCUT2D eigenvalue weighted by Gasteiger charge is 2.17. The molecule has 2 heteroatoms. The number of esters is 1. The summed E-state index contributed by atoms with van der Waals surface area (Å²) in [5.74, 6) is -0.0963. The van der Waals surface area contributed by atoms with Crippen LogP contribution in [0.3, 0.4) is 0 Å². The second kappa shape index (κ2) is 7.49. The molecule has 1 aliphatic rings. The lowest BCUT2D eigenvalue weighted by Gasteiger charge is -1.98. The van der Waals surface area contributed by atoms with Crippen molar-refractivity contribution in [2.24, 2.45) is 0 Å². The molecule has 0 bridgehead atoms. The predicted molar refractivity (Wildman–Crippen MR) is 61.7 cm³/mol. The van der Waals surface area contributed by atoms with Gasteiger partial charge in [0, 0.05) is 12.0 Å². The highest BCUT2D eigenvalue weighted by Crippen LogP contribution is 2.15. The van der Waals surface area contributed by atoms with Crippen molar-refractivity contribution in [3.8, 4) is 0 Å². The number of carbonyl (C=O) groups is 1. The number of cyclic esters (lactones) is 1. The van der Waals surface area contributed by atoms with Crippen LogP contribution >= 0.6 is 0 Å². The van der Waals surface area contributed by atoms with Gasteiger partial charge in [0.15, 0.2) is 0 Å². The SMILES string of the molecule is CCCCCCCC/C=C1/CCOC1=O. The molecular formula is C13H22O2. The van der Waals surface area contributed by atoms with Crippen molar-refractivity contribution < 1.29 is 9.53 Å². The molecule has 0 radical (unpaired) electrons. The lowest BCUT2D eigenvalue weighted by Crippen LogP contribution is -1.94. The molecule has 2 nitrogen and oxygen atoms in total. The Labute approximate surface area is 92.7 Å². The topological polar surface area (TPSA) is 26.3 Å². The maximum absolute atomic E-state index is 11.1. The first-order chi connectivity index (χ1) is 7.34. The number of hydrogen-bond donors (Lipinski definition) is 0. The first-order valence-corrected chi connectivity index (χ1v) is 6.20. The highest BCUT2D eigenvalue weighted by atomic mass is 16.5. The summed E-state index contributed by atoms with van der Waals surface area (Å²) in [7, 11) is 0. The molecule has 0 amide bonds. The van der Waals surface area contributed by atoms with E-state index in [1.165, 1.54) is 38.5 Å². The van der Waals surface area contributed by atoms with Crippen LogP contribution in [-0.4, -0.2) is 12.6 Å². The third kappa shape index (κ3) is 5.01. The van der Waals surface area contributed by atoms with Crippen molar-refractivity contribution in [1.29, 1.82) is 0 Å². The Hall–Kier alpha value is -0.790. The molecule has 86 valence electrons. The van der Waals surface area contributed by atoms with Crippen LogP contribution in [0.15, 0.2) is 11.6 Å². The Kier molecular flexibility index (Phi) is 6.14. The Morgan fingerprint density at radius 1 is 1.20 bits per heavy atom. The second-order valence-corrected chi connectivity index (χ2v) is 4.17. The van der Waals surface area contributed by atoms with Crippen LogP contribution in [0, 0.1) is 0 Å². The number of rotatable bonds is 7. The summed E-state index contributed by atoms with van der Waals surface area (Å²) in [4.78, 5) is 11.1. The van der Waals surface area contributed by atoms with Gasteiger partial charge >= 0.3 is 5.97 Å². The molecule has 1 aliphatic heterocycles. The van der Waals surface area contributed by atoms with E-state index in [0.717, 1.165) is 18.4 Å². The van der Waals surface area contributed by atoms with E-state index in [2.05, 4.69) is 13.0 Å². The molecule has 1 rings (SSSR count). The van der Waals surface area contributed by atoms with Gasteiger partial charge in [0.05, 0.1) is 6.61 Å². The van der Waals surface area contributed by atoms with Gasteiger partial charge in [-0.1, -0.05) is 45.1 Å². The fraction of sp³-hybridized carbons (Fsp3) is 0.769. The standard InChI is InChI=1S/C13H22O2/c1-2-3-4-5-6-7-8-9-12-10-11-15-13(12)14/h9H,2-8,10-11H2,1H3/b12-9-. The van der Waals surface area contributed by atoms with Crippen LogP contribution in [0.25, 0.3) is 0 Å². The summed E-state index contributed by atoms with van der Waals surface area (Å²) in [6.07, 6.45) is 11.8. The van der Waals surface area contributed by atoms with Crippen LogP contribution in [0.2, 0.25) is 0 Å². The van der Waals surface area contributed by atoms with E-state index >= 15 is 0 Å². The third-order valence-electron chi connectivity index (χ3n) is 2.82. The molecule has 0 unspecified atom stereocenters. The minimum absolute atomic E-state index is 0.0963. The number of hydrogen-bond acceptors (Lipinski definition) is 2. The number of unbranched alkanes of at least 4 members (excludes halogenated alkanes) is 6. The molecule has 0 saturated carbocycles. The average Bonchev–Trinajstić information content (AvgIpc) is 2.63. The van der Waals surface area contributed by atoms with Gasteiger partial charge in [-0.05, 0) is 12.8 Å². The van der Waals surface area contributed by atoms with Crippen LogP contribution in [0.4, 0.5) is 0 Å². The summed E-state index contributed by atoms with van der Waals surface area (Å²) in [5, 5.41) is 0. The Bertz CT molecular complexity index is 219. The van der Waals surface area contributed by atoms with Gasteiger partial charge in [-0.3, -0.25) is 0 Å². The molecule has 1 saturated heterocycles. The van der Waals surface area contributed by atoms with E-state index in [4.69, 9.17) is 4.74 Å². The van der Waals surface area contributed by atoms with E-state index in [9.17, 15) is 4.79 Å². The van der Waals surface area contributed by atoms with Crippen molar-refractivity contribution in [2.45, 2.75) is 58.3 Å². The fourth-order valence-corrected chi connectivity index (χ4v) is 1.83. The summed E-state index contributed by atoms with van der Waals surface area (Å²) in [5.41, 5.74) is 0.892. The predicted octanol–water partition coefficient (Wildman–Crippen LogP) is 3.61. The summed E-state index contributed by atoms with van der Waals surface area (Å²) in [6.45, 7) is 2.82. The quantitative estimate of drug-likeness (QED) is 0.364. The lowest BCUT2D eigenvalue weighted by molar-refractivity contribution is -0.135. The van der Waals surface area contributed by atoms with Crippen molar-refractivity contribution >= 4 is 5.97 Å². The maximum atomic E-state index is 11.1. The summed E-state index contributed by atoms with van der Waals surface area (Å²) < 4.78 is 4.87. The summed E-state index contributed by atoms with van der Waals surface area (Å²) in [6, 6.07) is 0. The zero-order valence-corrected chi connectivity index (χ0v) is 9.76. The van der Waals surface area contributed by atoms with Gasteiger partial charge < -0.3 is 4.74 Å². The Morgan fingerprint density at radius 3 is 2.60 bits per heavy atom. The van der Waals surface area contributed by atoms with Crippen molar-refractivity contribution in [1.82, 2.24) is 0 Å². The van der Waals surface area contributed by atoms with E-state index < -0.39 is 0 Å². The Balaban J connectivity index is 1.98. The molecule has 0 aliphatic carbocycles. The summed E-state index contributed by atoms with van der Waals surface area (Å²) >= 11 is 0. The zero-order valence-electron chi connectivity index (χ0n) is 9.76. The molecule has 1 heterocycles. The van der Waals surface area contributed by atoms with E-state index in [1.54, 1.807) is 0 Å². The monoisotopic (exact) mass is 210 g/mol. The van der Waals surface area contributed by atoms with Gasteiger partial charge in [-0.25, -0.2) is 4.79 Å². The number of carbonyl (C=O) groups excluding carboxylic acids is 1. The van der Waals surface area contributed by atoms with Crippen molar-refractivity contribution in [3.63, 3.8) is 0 Å². The number of allylic oxidation sites excluding steroid dienone is 1. The lowest BCUT2D eigenvalue weighted by atomic mass is 10.1. The van der Waals surface area contributed by atoms with Crippen molar-refractivity contribution in [3.05, 3.63) is 11.6 Å². The van der Waals surface area contributed by atoms with Crippen molar-refractivity contribution in [2.75, 3.05) is 6.61 Å². The van der Waals surface area contributed by atoms with Gasteiger partial charge in [-0.2, -0.15) is 0 Å². The van der Waals surface area contributed by atoms with Gasteiger partial charge in [0.2, 0.25) is 0 Å². The van der Waals surface area contributed by atoms with Crippen LogP contribution in [0.1, 0.15) is 58.3 Å². The number of ether oxygens (including phenoxy) is 1. The van der Waals surface area contributed by atoms with Gasteiger partial charge in [0.1, 0.15) is 0 Å². The molecular weight excluding hydrogens is 188 g/mol. The van der Waals surface area contributed by atoms with Gasteiger partial charge in [0.25, 0.3) is 0 Å². The fourth-order valence-electron chi connectivity index (χ4n) is 1.83. The largest absolute Gasteiger partial charge is 0.462 e. The minimum atomic E-state index is -0.0963. The molecule has 0 aromatic carbocycles. The molecule has 1 fully saturated rings. The molecule has 15 heavy (non-hydrogen) atoms. The third-order valence-corrected chi connectivity index (χ3v) is 2.82. The smallest absolute Gasteiger partial charge is 0.333 e. The molecule has 0 atom stereocenters. The van der Waals surface area contributed by atoms with Crippen LogP contribution < -0.4 is 0 Å². The minimum Gasteiger partial charge on any atom is -0.462 e. The second-order valence-electron chi connectivity index (χ2n) is 4.17. The molecule has 0 aromatic heterocycles. The highest BCUT2D eigenvalue weighted by molar-refractivity contribution is 5.90. The van der Waals surface area contributed by atoms with Crippen LogP contribution in [0.5, 0.6) is 0 Å². The van der Waals surface area contributed by atoms with E-state index in [0.29, 0.717) is 6.61 Å². The van der Waals surface area contributed by atoms with E-state index in [1.807, 2.05) is 0 Å². The maximum Gasteiger partial charge on any atom is 0.333 e. The average molecular weight is 210 g/mol. The van der Waals surface area contributed by atoms with Crippen LogP contribution in [-0.2, 0) is 9.53 Å². The molecule has 0 spiro atoms. The Morgan fingerprint density at radius 2 is 1.93 bits per heavy atom. The zero-order chi connectivity index (χ0) is 10.9. The van der Waals surface area contributed by atoms with Gasteiger partial charge in [-0.15, -0.1) is 0 Å². The first-order valence-electron chi connectivity index (χ1n) is 6.20. The molecule has 0 aromatic rings. The first kappa shape index (κ1) is 12.3.